The van der Waals surface area contributed by atoms with E-state index in [-0.39, 0.29) is 5.56 Å². The fourth-order valence-electron chi connectivity index (χ4n) is 3.88. The number of nitrogens with zero attached hydrogens (tertiary/aromatic N) is 3. The summed E-state index contributed by atoms with van der Waals surface area (Å²) in [7, 11) is 1.62. The number of nitrogens with one attached hydrogen (secondary N) is 2. The summed E-state index contributed by atoms with van der Waals surface area (Å²) in [6, 6.07) is 7.68. The molecule has 0 saturated carbocycles. The summed E-state index contributed by atoms with van der Waals surface area (Å²) in [5.74, 6) is 0.724. The van der Waals surface area contributed by atoms with Gasteiger partial charge in [-0.3, -0.25) is 4.79 Å². The summed E-state index contributed by atoms with van der Waals surface area (Å²) in [5, 5.41) is 5.10. The van der Waals surface area contributed by atoms with Gasteiger partial charge in [-0.15, -0.1) is 0 Å². The predicted octanol–water partition coefficient (Wildman–Crippen LogP) is 3.29. The van der Waals surface area contributed by atoms with Crippen molar-refractivity contribution in [2.75, 3.05) is 59.5 Å². The lowest BCUT2D eigenvalue weighted by atomic mass is 10.1. The molecule has 1 aromatic carbocycles. The monoisotopic (exact) mass is 475 g/mol. The van der Waals surface area contributed by atoms with Crippen LogP contribution in [0.1, 0.15) is 39.7 Å². The standard InChI is InChI=1S/C25H41N5O2S/c1-6-28(7-2)14-10-13-26-25(33)30(16-15-29(8-3)9-4)19-21-17-20-11-12-22(32-5)18-23(20)27-24(21)31/h11-12,17-18H,6-10,13-16,19H2,1-5H3,(H,26,33)(H,27,31). The summed E-state index contributed by atoms with van der Waals surface area (Å²) in [6.45, 7) is 16.8. The first-order valence-corrected chi connectivity index (χ1v) is 12.5. The van der Waals surface area contributed by atoms with Crippen LogP contribution >= 0.6 is 12.2 Å². The third-order valence-electron chi connectivity index (χ3n) is 6.18. The molecule has 184 valence electrons. The lowest BCUT2D eigenvalue weighted by molar-refractivity contribution is 0.262. The Labute approximate surface area is 204 Å². The Kier molecular flexibility index (Phi) is 11.6. The summed E-state index contributed by atoms with van der Waals surface area (Å²) < 4.78 is 5.28. The Balaban J connectivity index is 2.13. The molecule has 0 aliphatic heterocycles. The average Bonchev–Trinajstić information content (AvgIpc) is 2.83. The molecular weight excluding hydrogens is 434 g/mol. The lowest BCUT2D eigenvalue weighted by Crippen LogP contribution is -2.44. The van der Waals surface area contributed by atoms with E-state index in [0.717, 1.165) is 75.4 Å². The molecule has 0 amide bonds. The van der Waals surface area contributed by atoms with Crippen LogP contribution in [-0.4, -0.2) is 84.3 Å². The van der Waals surface area contributed by atoms with Crippen LogP contribution in [0.2, 0.25) is 0 Å². The van der Waals surface area contributed by atoms with Crippen molar-refractivity contribution in [2.45, 2.75) is 40.7 Å². The number of H-pyrrole nitrogens is 1. The number of ether oxygens (including phenoxy) is 1. The van der Waals surface area contributed by atoms with Crippen LogP contribution < -0.4 is 15.6 Å². The molecule has 1 heterocycles. The van der Waals surface area contributed by atoms with Crippen LogP contribution in [-0.2, 0) is 6.54 Å². The number of benzene rings is 1. The zero-order valence-electron chi connectivity index (χ0n) is 20.9. The normalized spacial score (nSPS) is 11.4. The van der Waals surface area contributed by atoms with Gasteiger partial charge in [-0.2, -0.15) is 0 Å². The third-order valence-corrected chi connectivity index (χ3v) is 6.58. The van der Waals surface area contributed by atoms with Crippen molar-refractivity contribution in [2.24, 2.45) is 0 Å². The van der Waals surface area contributed by atoms with Crippen molar-refractivity contribution in [3.63, 3.8) is 0 Å². The van der Waals surface area contributed by atoms with Crippen LogP contribution in [0, 0.1) is 0 Å². The van der Waals surface area contributed by atoms with E-state index >= 15 is 0 Å². The molecule has 0 saturated heterocycles. The second-order valence-electron chi connectivity index (χ2n) is 8.14. The molecule has 0 spiro atoms. The molecule has 1 aromatic heterocycles. The van der Waals surface area contributed by atoms with Crippen molar-refractivity contribution in [1.82, 2.24) is 25.0 Å². The lowest BCUT2D eigenvalue weighted by Gasteiger charge is -2.29. The minimum atomic E-state index is -0.0899. The SMILES string of the molecule is CCN(CC)CCCNC(=S)N(CCN(CC)CC)Cc1cc2ccc(OC)cc2[nH]c1=O. The fourth-order valence-corrected chi connectivity index (χ4v) is 4.14. The van der Waals surface area contributed by atoms with E-state index in [9.17, 15) is 4.79 Å². The summed E-state index contributed by atoms with van der Waals surface area (Å²) in [4.78, 5) is 22.7. The molecule has 8 heteroatoms. The van der Waals surface area contributed by atoms with Crippen molar-refractivity contribution >= 4 is 28.2 Å². The third kappa shape index (κ3) is 8.28. The molecule has 33 heavy (non-hydrogen) atoms. The number of aromatic nitrogens is 1. The molecule has 0 radical (unpaired) electrons. The number of aromatic amines is 1. The molecule has 2 aromatic rings. The quantitative estimate of drug-likeness (QED) is 0.321. The highest BCUT2D eigenvalue weighted by molar-refractivity contribution is 7.80. The fraction of sp³-hybridized carbons (Fsp3) is 0.600. The van der Waals surface area contributed by atoms with Gasteiger partial charge in [-0.1, -0.05) is 27.7 Å². The molecule has 7 nitrogen and oxygen atoms in total. The first-order valence-electron chi connectivity index (χ1n) is 12.1. The number of likely N-dealkylation sites (N-methyl/N-ethyl adjacent to an activating group) is 1. The van der Waals surface area contributed by atoms with E-state index in [0.29, 0.717) is 17.2 Å². The Morgan fingerprint density at radius 1 is 1.00 bits per heavy atom. The van der Waals surface area contributed by atoms with Crippen LogP contribution in [0.15, 0.2) is 29.1 Å². The van der Waals surface area contributed by atoms with Gasteiger partial charge in [0.05, 0.1) is 19.2 Å². The smallest absolute Gasteiger partial charge is 0.253 e. The van der Waals surface area contributed by atoms with Gasteiger partial charge in [0.2, 0.25) is 0 Å². The van der Waals surface area contributed by atoms with Gasteiger partial charge < -0.3 is 29.7 Å². The van der Waals surface area contributed by atoms with Crippen LogP contribution in [0.4, 0.5) is 0 Å². The van der Waals surface area contributed by atoms with E-state index in [1.807, 2.05) is 24.3 Å². The van der Waals surface area contributed by atoms with Crippen LogP contribution in [0.3, 0.4) is 0 Å². The first kappa shape index (κ1) is 27.1. The number of rotatable bonds is 14. The topological polar surface area (TPSA) is 63.8 Å². The molecule has 0 aliphatic carbocycles. The maximum Gasteiger partial charge on any atom is 0.253 e. The molecular formula is C25H41N5O2S. The number of hydrogen-bond donors (Lipinski definition) is 2. The van der Waals surface area contributed by atoms with Crippen molar-refractivity contribution in [3.8, 4) is 5.75 Å². The maximum absolute atomic E-state index is 12.8. The van der Waals surface area contributed by atoms with Gasteiger partial charge in [-0.05, 0) is 74.9 Å². The Morgan fingerprint density at radius 3 is 2.30 bits per heavy atom. The molecule has 0 unspecified atom stereocenters. The van der Waals surface area contributed by atoms with E-state index in [4.69, 9.17) is 17.0 Å². The predicted molar refractivity (Wildman–Crippen MR) is 142 cm³/mol. The number of thiocarbonyl (C=S) groups is 1. The summed E-state index contributed by atoms with van der Waals surface area (Å²) >= 11 is 5.76. The average molecular weight is 476 g/mol. The van der Waals surface area contributed by atoms with E-state index in [1.165, 1.54) is 0 Å². The molecule has 0 aliphatic rings. The number of fused-ring (bicyclic) bond motifs is 1. The van der Waals surface area contributed by atoms with Gasteiger partial charge in [-0.25, -0.2) is 0 Å². The largest absolute Gasteiger partial charge is 0.497 e. The molecule has 0 bridgehead atoms. The van der Waals surface area contributed by atoms with E-state index < -0.39 is 0 Å². The zero-order chi connectivity index (χ0) is 24.2. The van der Waals surface area contributed by atoms with Crippen molar-refractivity contribution in [3.05, 3.63) is 40.2 Å². The van der Waals surface area contributed by atoms with Crippen LogP contribution in [0.25, 0.3) is 10.9 Å². The molecule has 0 fully saturated rings. The molecule has 0 atom stereocenters. The Hall–Kier alpha value is -2.16. The highest BCUT2D eigenvalue weighted by Gasteiger charge is 2.15. The van der Waals surface area contributed by atoms with Gasteiger partial charge in [0.25, 0.3) is 5.56 Å². The number of hydrogen-bond acceptors (Lipinski definition) is 5. The Bertz CT molecular complexity index is 925. The second-order valence-corrected chi connectivity index (χ2v) is 8.52. The van der Waals surface area contributed by atoms with E-state index in [2.05, 4.69) is 52.7 Å². The van der Waals surface area contributed by atoms with Gasteiger partial charge in [0.1, 0.15) is 5.75 Å². The Morgan fingerprint density at radius 2 is 1.67 bits per heavy atom. The highest BCUT2D eigenvalue weighted by Crippen LogP contribution is 2.19. The van der Waals surface area contributed by atoms with Gasteiger partial charge >= 0.3 is 0 Å². The van der Waals surface area contributed by atoms with Crippen molar-refractivity contribution in [1.29, 1.82) is 0 Å². The van der Waals surface area contributed by atoms with E-state index in [1.54, 1.807) is 7.11 Å². The summed E-state index contributed by atoms with van der Waals surface area (Å²) in [5.41, 5.74) is 1.39. The second kappa shape index (κ2) is 14.2. The molecule has 2 rings (SSSR count). The summed E-state index contributed by atoms with van der Waals surface area (Å²) in [6.07, 6.45) is 1.03. The number of pyridine rings is 1. The highest BCUT2D eigenvalue weighted by atomic mass is 32.1. The minimum absolute atomic E-state index is 0.0899. The zero-order valence-corrected chi connectivity index (χ0v) is 21.8. The minimum Gasteiger partial charge on any atom is -0.497 e. The van der Waals surface area contributed by atoms with Gasteiger partial charge in [0.15, 0.2) is 5.11 Å². The number of methoxy groups -OCH3 is 1. The first-order chi connectivity index (χ1) is 15.9. The van der Waals surface area contributed by atoms with Crippen molar-refractivity contribution < 1.29 is 4.74 Å². The van der Waals surface area contributed by atoms with Gasteiger partial charge in [0, 0.05) is 31.3 Å². The van der Waals surface area contributed by atoms with Crippen LogP contribution in [0.5, 0.6) is 5.75 Å². The molecule has 2 N–H and O–H groups in total. The maximum atomic E-state index is 12.8.